The molecule has 8 nitrogen and oxygen atoms in total. The van der Waals surface area contributed by atoms with Gasteiger partial charge in [-0.05, 0) is 80.0 Å². The average molecular weight is 530 g/mol. The molecule has 7 rings (SSSR count). The number of amides is 1. The summed E-state index contributed by atoms with van der Waals surface area (Å²) in [5, 5.41) is 8.22. The van der Waals surface area contributed by atoms with Gasteiger partial charge in [0.05, 0.1) is 39.1 Å². The van der Waals surface area contributed by atoms with Crippen molar-refractivity contribution in [3.8, 4) is 11.5 Å². The van der Waals surface area contributed by atoms with Crippen LogP contribution in [0.3, 0.4) is 0 Å². The second kappa shape index (κ2) is 9.23. The molecule has 3 fully saturated rings. The standard InChI is InChI=1S/C29H31N5O3S/c1-3-38(30,36)23-5-6-25-24(14-23)27(9-11-31-25)37-26-7-4-20(12-19(26)2)13-28(35)33-22-17-32-34(18-22)29-10-8-21(15-29)16-29/h4-7,9,11-12,14,17-18,21,30H,3,8,10,13,15-16H2,1-2H3,(H,33,35). The number of aromatic nitrogens is 3. The molecular weight excluding hydrogens is 498 g/mol. The van der Waals surface area contributed by atoms with Crippen molar-refractivity contribution in [2.24, 2.45) is 5.92 Å². The zero-order valence-corrected chi connectivity index (χ0v) is 22.4. The highest BCUT2D eigenvalue weighted by Crippen LogP contribution is 2.56. The number of carbonyl (C=O) groups is 1. The molecule has 38 heavy (non-hydrogen) atoms. The van der Waals surface area contributed by atoms with E-state index in [9.17, 15) is 9.00 Å². The number of anilines is 1. The lowest BCUT2D eigenvalue weighted by atomic mass is 9.77. The van der Waals surface area contributed by atoms with Crippen LogP contribution in [0.25, 0.3) is 10.9 Å². The van der Waals surface area contributed by atoms with E-state index in [1.165, 1.54) is 25.7 Å². The van der Waals surface area contributed by atoms with Gasteiger partial charge in [-0.3, -0.25) is 14.5 Å². The molecule has 4 aromatic rings. The van der Waals surface area contributed by atoms with Crippen molar-refractivity contribution in [1.29, 1.82) is 4.78 Å². The Balaban J connectivity index is 1.15. The van der Waals surface area contributed by atoms with E-state index in [1.54, 1.807) is 43.6 Å². The molecule has 0 saturated heterocycles. The molecule has 1 amide bonds. The highest BCUT2D eigenvalue weighted by molar-refractivity contribution is 7.92. The van der Waals surface area contributed by atoms with E-state index in [0.29, 0.717) is 27.3 Å². The number of rotatable bonds is 8. The summed E-state index contributed by atoms with van der Waals surface area (Å²) in [6, 6.07) is 12.7. The fourth-order valence-electron chi connectivity index (χ4n) is 5.85. The quantitative estimate of drug-likeness (QED) is 0.289. The van der Waals surface area contributed by atoms with Crippen LogP contribution in [0.1, 0.15) is 43.7 Å². The number of fused-ring (bicyclic) bond motifs is 2. The van der Waals surface area contributed by atoms with E-state index in [0.717, 1.165) is 22.7 Å². The maximum absolute atomic E-state index is 12.7. The molecular formula is C29H31N5O3S. The van der Waals surface area contributed by atoms with Gasteiger partial charge in [0.2, 0.25) is 5.91 Å². The largest absolute Gasteiger partial charge is 0.456 e. The lowest BCUT2D eigenvalue weighted by molar-refractivity contribution is -0.115. The van der Waals surface area contributed by atoms with Crippen LogP contribution in [0.15, 0.2) is 66.0 Å². The van der Waals surface area contributed by atoms with Gasteiger partial charge in [0.15, 0.2) is 0 Å². The summed E-state index contributed by atoms with van der Waals surface area (Å²) in [6.07, 6.45) is 10.5. The van der Waals surface area contributed by atoms with Crippen LogP contribution >= 0.6 is 0 Å². The third-order valence-corrected chi connectivity index (χ3v) is 9.82. The maximum Gasteiger partial charge on any atom is 0.228 e. The van der Waals surface area contributed by atoms with Crippen molar-refractivity contribution < 1.29 is 13.7 Å². The highest BCUT2D eigenvalue weighted by atomic mass is 32.2. The van der Waals surface area contributed by atoms with Crippen molar-refractivity contribution in [3.05, 3.63) is 72.2 Å². The van der Waals surface area contributed by atoms with Crippen molar-refractivity contribution >= 4 is 32.2 Å². The Morgan fingerprint density at radius 1 is 1.21 bits per heavy atom. The Bertz CT molecular complexity index is 1650. The van der Waals surface area contributed by atoms with E-state index < -0.39 is 9.73 Å². The van der Waals surface area contributed by atoms with Gasteiger partial charge in [-0.1, -0.05) is 19.1 Å². The van der Waals surface area contributed by atoms with Gasteiger partial charge >= 0.3 is 0 Å². The molecule has 196 valence electrons. The van der Waals surface area contributed by atoms with Crippen LogP contribution in [0.2, 0.25) is 0 Å². The zero-order valence-electron chi connectivity index (χ0n) is 21.6. The third kappa shape index (κ3) is 4.45. The van der Waals surface area contributed by atoms with Crippen LogP contribution in [0, 0.1) is 17.6 Å². The Morgan fingerprint density at radius 2 is 2.05 bits per heavy atom. The number of benzene rings is 2. The van der Waals surface area contributed by atoms with Crippen LogP contribution in [-0.2, 0) is 26.5 Å². The van der Waals surface area contributed by atoms with Gasteiger partial charge in [0.1, 0.15) is 11.5 Å². The van der Waals surface area contributed by atoms with Crippen molar-refractivity contribution in [2.45, 2.75) is 56.4 Å². The first-order chi connectivity index (χ1) is 18.2. The van der Waals surface area contributed by atoms with Gasteiger partial charge in [-0.2, -0.15) is 5.10 Å². The number of nitrogens with one attached hydrogen (secondary N) is 2. The first-order valence-electron chi connectivity index (χ1n) is 13.0. The SMILES string of the molecule is CCS(=N)(=O)c1ccc2nccc(Oc3ccc(CC(=O)Nc4cnn(C56CCC(C5)C6)c4)cc3C)c2c1. The molecule has 9 heteroatoms. The van der Waals surface area contributed by atoms with Crippen molar-refractivity contribution in [3.63, 3.8) is 0 Å². The molecule has 3 aliphatic carbocycles. The minimum Gasteiger partial charge on any atom is -0.456 e. The number of hydrogen-bond acceptors (Lipinski definition) is 6. The molecule has 2 heterocycles. The maximum atomic E-state index is 12.7. The third-order valence-electron chi connectivity index (χ3n) is 7.99. The first-order valence-corrected chi connectivity index (χ1v) is 14.7. The van der Waals surface area contributed by atoms with Crippen molar-refractivity contribution in [2.75, 3.05) is 11.1 Å². The van der Waals surface area contributed by atoms with E-state index >= 15 is 0 Å². The Hall–Kier alpha value is -3.72. The van der Waals surface area contributed by atoms with Gasteiger partial charge < -0.3 is 10.1 Å². The van der Waals surface area contributed by atoms with Gasteiger partial charge in [-0.15, -0.1) is 0 Å². The van der Waals surface area contributed by atoms with Gasteiger partial charge in [-0.25, -0.2) is 8.99 Å². The number of ether oxygens (including phenoxy) is 1. The summed E-state index contributed by atoms with van der Waals surface area (Å²) in [6.45, 7) is 3.69. The number of nitrogens with zero attached hydrogens (tertiary/aromatic N) is 3. The summed E-state index contributed by atoms with van der Waals surface area (Å²) < 4.78 is 29.0. The fraction of sp³-hybridized carbons (Fsp3) is 0.345. The van der Waals surface area contributed by atoms with E-state index in [4.69, 9.17) is 9.52 Å². The summed E-state index contributed by atoms with van der Waals surface area (Å²) >= 11 is 0. The summed E-state index contributed by atoms with van der Waals surface area (Å²) in [5.41, 5.74) is 3.40. The molecule has 0 spiro atoms. The summed E-state index contributed by atoms with van der Waals surface area (Å²) in [7, 11) is -2.86. The van der Waals surface area contributed by atoms with Crippen LogP contribution in [0.5, 0.6) is 11.5 Å². The van der Waals surface area contributed by atoms with Gasteiger partial charge in [0, 0.05) is 28.4 Å². The number of aryl methyl sites for hydroxylation is 1. The minimum absolute atomic E-state index is 0.0874. The normalized spacial score (nSPS) is 21.6. The van der Waals surface area contributed by atoms with Gasteiger partial charge in [0.25, 0.3) is 0 Å². The second-order valence-electron chi connectivity index (χ2n) is 10.6. The molecule has 2 aromatic carbocycles. The smallest absolute Gasteiger partial charge is 0.228 e. The first kappa shape index (κ1) is 24.6. The van der Waals surface area contributed by atoms with Crippen LogP contribution in [0.4, 0.5) is 5.69 Å². The zero-order chi connectivity index (χ0) is 26.5. The topological polar surface area (TPSA) is 110 Å². The fourth-order valence-corrected chi connectivity index (χ4v) is 6.78. The van der Waals surface area contributed by atoms with E-state index in [1.807, 2.05) is 31.3 Å². The van der Waals surface area contributed by atoms with Crippen LogP contribution < -0.4 is 10.1 Å². The Kier molecular flexibility index (Phi) is 5.98. The monoisotopic (exact) mass is 529 g/mol. The molecule has 0 aliphatic heterocycles. The number of pyridine rings is 1. The molecule has 0 radical (unpaired) electrons. The lowest BCUT2D eigenvalue weighted by Gasteiger charge is -2.38. The van der Waals surface area contributed by atoms with E-state index in [-0.39, 0.29) is 23.6 Å². The number of carbonyl (C=O) groups excluding carboxylic acids is 1. The van der Waals surface area contributed by atoms with Crippen LogP contribution in [-0.4, -0.2) is 30.6 Å². The second-order valence-corrected chi connectivity index (χ2v) is 13.0. The molecule has 1 atom stereocenters. The lowest BCUT2D eigenvalue weighted by Crippen LogP contribution is -2.39. The Labute approximate surface area is 222 Å². The molecule has 2 aromatic heterocycles. The predicted molar refractivity (Wildman–Crippen MR) is 147 cm³/mol. The van der Waals surface area contributed by atoms with Crippen molar-refractivity contribution in [1.82, 2.24) is 14.8 Å². The predicted octanol–water partition coefficient (Wildman–Crippen LogP) is 6.04. The molecule has 3 saturated carbocycles. The molecule has 2 N–H and O–H groups in total. The van der Waals surface area contributed by atoms with E-state index in [2.05, 4.69) is 20.1 Å². The molecule has 2 bridgehead atoms. The highest BCUT2D eigenvalue weighted by Gasteiger charge is 2.52. The Morgan fingerprint density at radius 3 is 2.79 bits per heavy atom. The molecule has 3 aliphatic rings. The summed E-state index contributed by atoms with van der Waals surface area (Å²) in [4.78, 5) is 17.6. The average Bonchev–Trinajstić information content (AvgIpc) is 3.62. The number of hydrogen-bond donors (Lipinski definition) is 2. The summed E-state index contributed by atoms with van der Waals surface area (Å²) in [5.74, 6) is 2.24. The molecule has 1 unspecified atom stereocenters. The minimum atomic E-state index is -2.86.